The quantitative estimate of drug-likeness (QED) is 0.649. The molecule has 1 amide bonds. The van der Waals surface area contributed by atoms with Crippen molar-refractivity contribution in [3.05, 3.63) is 65.5 Å². The molecule has 0 aliphatic carbocycles. The first-order chi connectivity index (χ1) is 13.0. The second kappa shape index (κ2) is 7.90. The van der Waals surface area contributed by atoms with E-state index in [1.807, 2.05) is 18.4 Å². The van der Waals surface area contributed by atoms with Crippen LogP contribution in [0.3, 0.4) is 0 Å². The Morgan fingerprint density at radius 3 is 2.63 bits per heavy atom. The SMILES string of the molecule is Cc1ncn(-c2cc(NCCNC(=O)c3ccc(F)cc3F)ncn2)c1C. The molecular formula is C18H18F2N6O. The Bertz CT molecular complexity index is 972. The van der Waals surface area contributed by atoms with Gasteiger partial charge in [-0.3, -0.25) is 9.36 Å². The first kappa shape index (κ1) is 18.4. The van der Waals surface area contributed by atoms with Gasteiger partial charge in [0.2, 0.25) is 0 Å². The molecular weight excluding hydrogens is 354 g/mol. The molecule has 9 heteroatoms. The number of amides is 1. The van der Waals surface area contributed by atoms with E-state index in [0.29, 0.717) is 24.2 Å². The summed E-state index contributed by atoms with van der Waals surface area (Å²) in [6, 6.07) is 4.59. The number of aromatic nitrogens is 4. The van der Waals surface area contributed by atoms with Gasteiger partial charge in [-0.2, -0.15) is 0 Å². The van der Waals surface area contributed by atoms with Gasteiger partial charge < -0.3 is 10.6 Å². The van der Waals surface area contributed by atoms with E-state index >= 15 is 0 Å². The van der Waals surface area contributed by atoms with Crippen molar-refractivity contribution in [2.45, 2.75) is 13.8 Å². The molecule has 0 aliphatic rings. The maximum absolute atomic E-state index is 13.6. The predicted octanol–water partition coefficient (Wildman–Crippen LogP) is 2.40. The van der Waals surface area contributed by atoms with Gasteiger partial charge in [-0.15, -0.1) is 0 Å². The van der Waals surface area contributed by atoms with Crippen LogP contribution in [0.5, 0.6) is 0 Å². The molecule has 0 bridgehead atoms. The summed E-state index contributed by atoms with van der Waals surface area (Å²) >= 11 is 0. The fourth-order valence-electron chi connectivity index (χ4n) is 2.44. The number of nitrogens with zero attached hydrogens (tertiary/aromatic N) is 4. The number of hydrogen-bond donors (Lipinski definition) is 2. The smallest absolute Gasteiger partial charge is 0.254 e. The Morgan fingerprint density at radius 2 is 1.93 bits per heavy atom. The minimum atomic E-state index is -0.896. The van der Waals surface area contributed by atoms with Crippen LogP contribution in [0.2, 0.25) is 0 Å². The Balaban J connectivity index is 1.56. The lowest BCUT2D eigenvalue weighted by Gasteiger charge is -2.10. The number of halogens is 2. The largest absolute Gasteiger partial charge is 0.368 e. The number of carbonyl (C=O) groups excluding carboxylic acids is 1. The average molecular weight is 372 g/mol. The van der Waals surface area contributed by atoms with E-state index in [9.17, 15) is 13.6 Å². The van der Waals surface area contributed by atoms with Crippen molar-refractivity contribution in [3.63, 3.8) is 0 Å². The highest BCUT2D eigenvalue weighted by Gasteiger charge is 2.12. The summed E-state index contributed by atoms with van der Waals surface area (Å²) in [4.78, 5) is 24.5. The number of benzene rings is 1. The third kappa shape index (κ3) is 4.25. The van der Waals surface area contributed by atoms with Gasteiger partial charge in [-0.05, 0) is 26.0 Å². The van der Waals surface area contributed by atoms with Gasteiger partial charge in [-0.1, -0.05) is 0 Å². The highest BCUT2D eigenvalue weighted by atomic mass is 19.1. The standard InChI is InChI=1S/C18H18F2N6O/c1-11-12(2)26(10-25-11)17-8-16(23-9-24-17)21-5-6-22-18(27)14-4-3-13(19)7-15(14)20/h3-4,7-10H,5-6H2,1-2H3,(H,22,27)(H,21,23,24). The number of imidazole rings is 1. The van der Waals surface area contributed by atoms with Gasteiger partial charge in [0.1, 0.15) is 35.9 Å². The van der Waals surface area contributed by atoms with Crippen LogP contribution in [0, 0.1) is 25.5 Å². The third-order valence-corrected chi connectivity index (χ3v) is 4.04. The lowest BCUT2D eigenvalue weighted by Crippen LogP contribution is -2.29. The molecule has 0 saturated heterocycles. The lowest BCUT2D eigenvalue weighted by atomic mass is 10.2. The molecule has 27 heavy (non-hydrogen) atoms. The van der Waals surface area contributed by atoms with Crippen LogP contribution in [-0.4, -0.2) is 38.5 Å². The Kier molecular flexibility index (Phi) is 5.39. The van der Waals surface area contributed by atoms with Crippen molar-refractivity contribution in [1.82, 2.24) is 24.8 Å². The van der Waals surface area contributed by atoms with Crippen LogP contribution >= 0.6 is 0 Å². The average Bonchev–Trinajstić information content (AvgIpc) is 2.98. The highest BCUT2D eigenvalue weighted by Crippen LogP contribution is 2.13. The van der Waals surface area contributed by atoms with Gasteiger partial charge in [0.25, 0.3) is 5.91 Å². The summed E-state index contributed by atoms with van der Waals surface area (Å²) in [5.74, 6) is -0.987. The van der Waals surface area contributed by atoms with Gasteiger partial charge in [0.05, 0.1) is 11.3 Å². The molecule has 0 spiro atoms. The normalized spacial score (nSPS) is 10.7. The van der Waals surface area contributed by atoms with Crippen LogP contribution in [0.25, 0.3) is 5.82 Å². The maximum atomic E-state index is 13.6. The summed E-state index contributed by atoms with van der Waals surface area (Å²) in [6.07, 6.45) is 3.12. The van der Waals surface area contributed by atoms with Crippen molar-refractivity contribution in [2.24, 2.45) is 0 Å². The Morgan fingerprint density at radius 1 is 1.11 bits per heavy atom. The van der Waals surface area contributed by atoms with Crippen molar-refractivity contribution < 1.29 is 13.6 Å². The maximum Gasteiger partial charge on any atom is 0.254 e. The third-order valence-electron chi connectivity index (χ3n) is 4.04. The molecule has 2 heterocycles. The number of rotatable bonds is 6. The topological polar surface area (TPSA) is 84.7 Å². The molecule has 2 aromatic heterocycles. The minimum Gasteiger partial charge on any atom is -0.368 e. The highest BCUT2D eigenvalue weighted by molar-refractivity contribution is 5.94. The zero-order valence-corrected chi connectivity index (χ0v) is 14.8. The number of carbonyl (C=O) groups is 1. The van der Waals surface area contributed by atoms with Crippen LogP contribution in [0.1, 0.15) is 21.7 Å². The first-order valence-electron chi connectivity index (χ1n) is 8.26. The fourth-order valence-corrected chi connectivity index (χ4v) is 2.44. The molecule has 0 saturated carbocycles. The van der Waals surface area contributed by atoms with E-state index < -0.39 is 17.5 Å². The molecule has 3 aromatic rings. The van der Waals surface area contributed by atoms with E-state index in [4.69, 9.17) is 0 Å². The van der Waals surface area contributed by atoms with Crippen molar-refractivity contribution >= 4 is 11.7 Å². The molecule has 0 atom stereocenters. The molecule has 3 rings (SSSR count). The van der Waals surface area contributed by atoms with Gasteiger partial charge in [0, 0.05) is 30.9 Å². The van der Waals surface area contributed by atoms with Crippen molar-refractivity contribution in [2.75, 3.05) is 18.4 Å². The minimum absolute atomic E-state index is 0.202. The summed E-state index contributed by atoms with van der Waals surface area (Å²) in [7, 11) is 0. The first-order valence-corrected chi connectivity index (χ1v) is 8.26. The monoisotopic (exact) mass is 372 g/mol. The number of anilines is 1. The molecule has 0 radical (unpaired) electrons. The zero-order chi connectivity index (χ0) is 19.4. The van der Waals surface area contributed by atoms with E-state index in [-0.39, 0.29) is 12.1 Å². The Labute approximate surface area is 154 Å². The van der Waals surface area contributed by atoms with Crippen LogP contribution in [0.4, 0.5) is 14.6 Å². The molecule has 1 aromatic carbocycles. The Hall–Kier alpha value is -3.36. The van der Waals surface area contributed by atoms with Gasteiger partial charge in [0.15, 0.2) is 0 Å². The summed E-state index contributed by atoms with van der Waals surface area (Å²) < 4.78 is 28.3. The van der Waals surface area contributed by atoms with E-state index in [1.54, 1.807) is 12.4 Å². The van der Waals surface area contributed by atoms with Crippen LogP contribution in [-0.2, 0) is 0 Å². The summed E-state index contributed by atoms with van der Waals surface area (Å²) in [6.45, 7) is 4.46. The predicted molar refractivity (Wildman–Crippen MR) is 95.8 cm³/mol. The van der Waals surface area contributed by atoms with Crippen LogP contribution < -0.4 is 10.6 Å². The summed E-state index contributed by atoms with van der Waals surface area (Å²) in [5.41, 5.74) is 1.69. The van der Waals surface area contributed by atoms with Crippen molar-refractivity contribution in [3.8, 4) is 5.82 Å². The molecule has 0 aliphatic heterocycles. The second-order valence-electron chi connectivity index (χ2n) is 5.85. The molecule has 140 valence electrons. The van der Waals surface area contributed by atoms with Crippen molar-refractivity contribution in [1.29, 1.82) is 0 Å². The summed E-state index contributed by atoms with van der Waals surface area (Å²) in [5, 5.41) is 5.62. The van der Waals surface area contributed by atoms with E-state index in [1.165, 1.54) is 6.33 Å². The van der Waals surface area contributed by atoms with E-state index in [0.717, 1.165) is 23.5 Å². The molecule has 7 nitrogen and oxygen atoms in total. The van der Waals surface area contributed by atoms with E-state index in [2.05, 4.69) is 25.6 Å². The fraction of sp³-hybridized carbons (Fsp3) is 0.222. The zero-order valence-electron chi connectivity index (χ0n) is 14.8. The van der Waals surface area contributed by atoms with Gasteiger partial charge in [-0.25, -0.2) is 23.7 Å². The second-order valence-corrected chi connectivity index (χ2v) is 5.85. The molecule has 0 unspecified atom stereocenters. The molecule has 2 N–H and O–H groups in total. The van der Waals surface area contributed by atoms with Crippen LogP contribution in [0.15, 0.2) is 36.9 Å². The molecule has 0 fully saturated rings. The lowest BCUT2D eigenvalue weighted by molar-refractivity contribution is 0.0951. The number of hydrogen-bond acceptors (Lipinski definition) is 5. The van der Waals surface area contributed by atoms with Gasteiger partial charge >= 0.3 is 0 Å². The number of nitrogens with one attached hydrogen (secondary N) is 2. The number of aryl methyl sites for hydroxylation is 1.